The van der Waals surface area contributed by atoms with E-state index >= 15 is 0 Å². The summed E-state index contributed by atoms with van der Waals surface area (Å²) in [6.45, 7) is 38.5. The first-order chi connectivity index (χ1) is 26.4. The van der Waals surface area contributed by atoms with Crippen molar-refractivity contribution in [2.75, 3.05) is 19.6 Å². The third-order valence-electron chi connectivity index (χ3n) is 7.20. The molecule has 0 bridgehead atoms. The molecule has 0 spiro atoms. The quantitative estimate of drug-likeness (QED) is 0.155. The summed E-state index contributed by atoms with van der Waals surface area (Å²) < 4.78 is 22.9. The van der Waals surface area contributed by atoms with Crippen LogP contribution in [-0.2, 0) is 23.8 Å². The molecule has 0 aromatic carbocycles. The molecule has 12 nitrogen and oxygen atoms in total. The van der Waals surface area contributed by atoms with E-state index in [-0.39, 0.29) is 35.8 Å². The molecule has 0 fully saturated rings. The normalized spacial score (nSPS) is 13.5. The van der Waals surface area contributed by atoms with E-state index < -0.39 is 46.0 Å². The number of halogens is 2. The van der Waals surface area contributed by atoms with E-state index in [0.717, 1.165) is 0 Å². The average Bonchev–Trinajstić information content (AvgIpc) is 3.10. The molecule has 0 aliphatic rings. The number of amides is 1. The molecule has 2 aromatic rings. The van der Waals surface area contributed by atoms with Crippen LogP contribution in [0.3, 0.4) is 0 Å². The van der Waals surface area contributed by atoms with Crippen LogP contribution >= 0.6 is 24.0 Å². The first kappa shape index (κ1) is 59.3. The third-order valence-corrected chi connectivity index (χ3v) is 7.41. The summed E-state index contributed by atoms with van der Waals surface area (Å²) in [6.07, 6.45) is 5.28. The smallest absolute Gasteiger partial charge is 0.326 e. The Hall–Kier alpha value is -3.00. The molecule has 0 radical (unpaired) electrons. The van der Waals surface area contributed by atoms with Gasteiger partial charge in [-0.15, -0.1) is 12.4 Å². The van der Waals surface area contributed by atoms with Crippen LogP contribution in [0.15, 0.2) is 49.1 Å². The Bertz CT molecular complexity index is 1420. The molecule has 4 atom stereocenters. The van der Waals surface area contributed by atoms with Crippen molar-refractivity contribution in [1.82, 2.24) is 20.2 Å². The highest BCUT2D eigenvalue weighted by molar-refractivity contribution is 6.67. The molecule has 2 aromatic heterocycles. The molecule has 2 heterocycles. The van der Waals surface area contributed by atoms with Crippen molar-refractivity contribution >= 4 is 46.9 Å². The monoisotopic (exact) mass is 861 g/mol. The zero-order chi connectivity index (χ0) is 46.1. The number of rotatable bonds is 12. The number of nitrogens with two attached hydrogens (primary N) is 1. The van der Waals surface area contributed by atoms with Crippen LogP contribution in [0.25, 0.3) is 0 Å². The summed E-state index contributed by atoms with van der Waals surface area (Å²) in [5, 5.41) is 2.34. The summed E-state index contributed by atoms with van der Waals surface area (Å²) >= 11 is 5.12. The van der Waals surface area contributed by atoms with Gasteiger partial charge in [0.2, 0.25) is 0 Å². The minimum absolute atomic E-state index is 0. The summed E-state index contributed by atoms with van der Waals surface area (Å²) in [5.41, 5.74) is 4.80. The van der Waals surface area contributed by atoms with Gasteiger partial charge in [-0.25, -0.2) is 0 Å². The molecule has 58 heavy (non-hydrogen) atoms. The molecular formula is C44H79Cl2N5O7. The number of hydrogen-bond acceptors (Lipinski definition) is 11. The average molecular weight is 862 g/mol. The van der Waals surface area contributed by atoms with Crippen LogP contribution < -0.4 is 11.1 Å². The van der Waals surface area contributed by atoms with E-state index in [1.807, 2.05) is 90.0 Å². The van der Waals surface area contributed by atoms with Crippen molar-refractivity contribution in [3.05, 3.63) is 60.2 Å². The Morgan fingerprint density at radius 2 is 1.17 bits per heavy atom. The summed E-state index contributed by atoms with van der Waals surface area (Å²) in [7, 11) is 0. The predicted molar refractivity (Wildman–Crippen MR) is 241 cm³/mol. The lowest BCUT2D eigenvalue weighted by molar-refractivity contribution is -0.162. The molecule has 0 aliphatic heterocycles. The lowest BCUT2D eigenvalue weighted by atomic mass is 9.84. The Balaban J connectivity index is -0.000000363. The molecule has 1 amide bonds. The van der Waals surface area contributed by atoms with Crippen molar-refractivity contribution < 1.29 is 34.8 Å². The topological polar surface area (TPSA) is 163 Å². The summed E-state index contributed by atoms with van der Waals surface area (Å²) in [4.78, 5) is 57.2. The fourth-order valence-corrected chi connectivity index (χ4v) is 4.66. The maximum absolute atomic E-state index is 12.7. The number of esters is 1. The fourth-order valence-electron chi connectivity index (χ4n) is 4.55. The fraction of sp³-hybridized carbons (Fsp3) is 0.682. The molecular weight excluding hydrogens is 781 g/mol. The van der Waals surface area contributed by atoms with Crippen LogP contribution in [-0.4, -0.2) is 98.5 Å². The highest BCUT2D eigenvalue weighted by atomic mass is 35.5. The Kier molecular flexibility index (Phi) is 30.8. The van der Waals surface area contributed by atoms with Gasteiger partial charge in [0.25, 0.3) is 11.1 Å². The minimum Gasteiger partial charge on any atom is -0.459 e. The van der Waals surface area contributed by atoms with Gasteiger partial charge in [-0.05, 0) is 132 Å². The van der Waals surface area contributed by atoms with Gasteiger partial charge in [-0.2, -0.15) is 0 Å². The number of hydrogen-bond donors (Lipinski definition) is 2. The zero-order valence-electron chi connectivity index (χ0n) is 39.8. The maximum atomic E-state index is 12.7. The van der Waals surface area contributed by atoms with Crippen LogP contribution in [0.4, 0.5) is 0 Å². The van der Waals surface area contributed by atoms with Crippen LogP contribution in [0, 0.1) is 5.41 Å². The number of aromatic nitrogens is 2. The number of pyridine rings is 2. The second-order valence-electron chi connectivity index (χ2n) is 16.9. The van der Waals surface area contributed by atoms with Gasteiger partial charge in [0.05, 0.1) is 34.5 Å². The SMILES string of the molecule is CC(OC(C)(C)C)[C@H](NC(=O)c1cccnc1)C(=O)C(C)(C)C.CCN(CC)CC.C[C@@H](OC(C)(C)C)[C@H](N)C(=O)OC(C)(C)C.Cl.O=C(Cl)c1cccnc1.[2H]CC. The summed E-state index contributed by atoms with van der Waals surface area (Å²) in [5.74, 6) is -0.819. The molecule has 0 saturated heterocycles. The number of carbonyl (C=O) groups excluding carboxylic acids is 4. The van der Waals surface area contributed by atoms with E-state index in [9.17, 15) is 19.2 Å². The van der Waals surface area contributed by atoms with Crippen molar-refractivity contribution in [2.45, 2.75) is 173 Å². The second kappa shape index (κ2) is 30.1. The van der Waals surface area contributed by atoms with Gasteiger partial charge in [-0.3, -0.25) is 29.1 Å². The largest absolute Gasteiger partial charge is 0.459 e. The minimum atomic E-state index is -0.751. The molecule has 2 rings (SSSR count). The van der Waals surface area contributed by atoms with E-state index in [2.05, 4.69) is 41.0 Å². The number of carbonyl (C=O) groups is 4. The van der Waals surface area contributed by atoms with E-state index in [1.165, 1.54) is 32.0 Å². The summed E-state index contributed by atoms with van der Waals surface area (Å²) in [6, 6.07) is 5.15. The number of nitrogens with zero attached hydrogens (tertiary/aromatic N) is 3. The molecule has 0 saturated carbocycles. The van der Waals surface area contributed by atoms with Crippen molar-refractivity contribution in [2.24, 2.45) is 11.1 Å². The highest BCUT2D eigenvalue weighted by Crippen LogP contribution is 2.22. The van der Waals surface area contributed by atoms with Gasteiger partial charge in [0, 0.05) is 31.6 Å². The number of ether oxygens (including phenoxy) is 3. The lowest BCUT2D eigenvalue weighted by Gasteiger charge is -2.33. The first-order valence-corrected chi connectivity index (χ1v) is 20.0. The Labute approximate surface area is 364 Å². The van der Waals surface area contributed by atoms with Crippen LogP contribution in [0.5, 0.6) is 0 Å². The third kappa shape index (κ3) is 31.0. The first-order valence-electron chi connectivity index (χ1n) is 20.3. The van der Waals surface area contributed by atoms with Crippen LogP contribution in [0.2, 0.25) is 0 Å². The van der Waals surface area contributed by atoms with Gasteiger partial charge >= 0.3 is 5.97 Å². The molecule has 1 unspecified atom stereocenters. The number of ketones is 1. The maximum Gasteiger partial charge on any atom is 0.326 e. The Morgan fingerprint density at radius 3 is 1.45 bits per heavy atom. The van der Waals surface area contributed by atoms with E-state index in [0.29, 0.717) is 18.0 Å². The molecule has 3 N–H and O–H groups in total. The zero-order valence-corrected chi connectivity index (χ0v) is 40.4. The number of nitrogens with one attached hydrogen (secondary N) is 1. The van der Waals surface area contributed by atoms with Crippen molar-refractivity contribution in [3.8, 4) is 0 Å². The van der Waals surface area contributed by atoms with Gasteiger partial charge in [-0.1, -0.05) is 55.4 Å². The lowest BCUT2D eigenvalue weighted by Crippen LogP contribution is -2.53. The number of Topliss-reactive ketones (excluding diaryl/α,β-unsaturated/α-hetero) is 1. The molecule has 336 valence electrons. The highest BCUT2D eigenvalue weighted by Gasteiger charge is 2.36. The molecule has 14 heteroatoms. The van der Waals surface area contributed by atoms with Gasteiger partial charge in [0.15, 0.2) is 5.78 Å². The van der Waals surface area contributed by atoms with Crippen molar-refractivity contribution in [1.29, 1.82) is 0 Å². The Morgan fingerprint density at radius 1 is 0.776 bits per heavy atom. The van der Waals surface area contributed by atoms with Crippen LogP contribution in [0.1, 0.15) is 154 Å². The van der Waals surface area contributed by atoms with E-state index in [4.69, 9.17) is 32.9 Å². The second-order valence-corrected chi connectivity index (χ2v) is 17.2. The van der Waals surface area contributed by atoms with Gasteiger partial charge < -0.3 is 30.2 Å². The predicted octanol–water partition coefficient (Wildman–Crippen LogP) is 9.11. The van der Waals surface area contributed by atoms with E-state index in [1.54, 1.807) is 50.5 Å². The molecule has 0 aliphatic carbocycles. The van der Waals surface area contributed by atoms with Gasteiger partial charge in [0.1, 0.15) is 17.7 Å². The van der Waals surface area contributed by atoms with Crippen molar-refractivity contribution in [3.63, 3.8) is 0 Å². The standard InChI is InChI=1S/C18H28N2O3.C12H25NO3.C6H4ClNO.C6H15N.C2H6.ClH/c1-12(23-18(5,6)7)14(15(21)17(2,3)4)20-16(22)13-9-8-10-19-11-13;1-8(15-11(2,3)4)9(13)10(14)16-12(5,6)7;7-6(9)5-2-1-3-8-4-5;1-4-7(5-2)6-3;1-2;/h8-12,14H,1-7H3,(H,20,22);8-9H,13H2,1-7H3;1-4H;4-6H2,1-3H3;1-2H3;1H/t12?,14-;8-,9+;;;;/m01..../s1/i;;;;1D;.